The SMILES string of the molecule is Clc1ccc(C(OC2CCN(Cc3ccccc3)CC2)c2ccccc2Cl)cc1. The largest absolute Gasteiger partial charge is 0.365 e. The van der Waals surface area contributed by atoms with Crippen molar-refractivity contribution in [2.24, 2.45) is 0 Å². The molecule has 0 aliphatic carbocycles. The first-order chi connectivity index (χ1) is 14.2. The molecule has 0 spiro atoms. The minimum absolute atomic E-state index is 0.188. The lowest BCUT2D eigenvalue weighted by Gasteiger charge is -2.34. The molecule has 29 heavy (non-hydrogen) atoms. The number of benzene rings is 3. The number of halogens is 2. The van der Waals surface area contributed by atoms with Crippen molar-refractivity contribution in [3.8, 4) is 0 Å². The van der Waals surface area contributed by atoms with E-state index >= 15 is 0 Å². The second kappa shape index (κ2) is 9.77. The number of nitrogens with zero attached hydrogens (tertiary/aromatic N) is 1. The molecule has 1 atom stereocenters. The summed E-state index contributed by atoms with van der Waals surface area (Å²) in [6.07, 6.45) is 2.05. The molecule has 1 saturated heterocycles. The fraction of sp³-hybridized carbons (Fsp3) is 0.280. The molecule has 1 heterocycles. The van der Waals surface area contributed by atoms with E-state index in [0.717, 1.165) is 53.6 Å². The van der Waals surface area contributed by atoms with Gasteiger partial charge in [0, 0.05) is 35.2 Å². The first-order valence-corrected chi connectivity index (χ1v) is 10.9. The van der Waals surface area contributed by atoms with Gasteiger partial charge in [0.1, 0.15) is 6.10 Å². The van der Waals surface area contributed by atoms with Gasteiger partial charge in [-0.2, -0.15) is 0 Å². The number of likely N-dealkylation sites (tertiary alicyclic amines) is 1. The lowest BCUT2D eigenvalue weighted by atomic mass is 9.99. The summed E-state index contributed by atoms with van der Waals surface area (Å²) in [5, 5.41) is 1.45. The molecule has 1 aliphatic rings. The van der Waals surface area contributed by atoms with E-state index in [-0.39, 0.29) is 12.2 Å². The van der Waals surface area contributed by atoms with E-state index in [4.69, 9.17) is 27.9 Å². The van der Waals surface area contributed by atoms with Crippen molar-refractivity contribution in [2.75, 3.05) is 13.1 Å². The van der Waals surface area contributed by atoms with Crippen molar-refractivity contribution >= 4 is 23.2 Å². The average molecular weight is 426 g/mol. The lowest BCUT2D eigenvalue weighted by Crippen LogP contribution is -2.37. The standard InChI is InChI=1S/C25H25Cl2NO/c26-21-12-10-20(11-13-21)25(23-8-4-5-9-24(23)27)29-22-14-16-28(17-15-22)18-19-6-2-1-3-7-19/h1-13,22,25H,14-18H2. The Labute approximate surface area is 183 Å². The Morgan fingerprint density at radius 2 is 1.48 bits per heavy atom. The third-order valence-corrected chi connectivity index (χ3v) is 6.07. The maximum absolute atomic E-state index is 6.63. The predicted octanol–water partition coefficient (Wildman–Crippen LogP) is 6.76. The molecule has 0 bridgehead atoms. The zero-order valence-corrected chi connectivity index (χ0v) is 17.8. The Balaban J connectivity index is 1.45. The van der Waals surface area contributed by atoms with Gasteiger partial charge >= 0.3 is 0 Å². The van der Waals surface area contributed by atoms with Crippen LogP contribution in [0.3, 0.4) is 0 Å². The van der Waals surface area contributed by atoms with Crippen molar-refractivity contribution in [3.05, 3.63) is 106 Å². The van der Waals surface area contributed by atoms with Gasteiger partial charge in [-0.3, -0.25) is 4.90 Å². The van der Waals surface area contributed by atoms with Crippen molar-refractivity contribution in [2.45, 2.75) is 31.6 Å². The van der Waals surface area contributed by atoms with E-state index in [1.165, 1.54) is 5.56 Å². The molecule has 0 saturated carbocycles. The number of rotatable bonds is 6. The van der Waals surface area contributed by atoms with Gasteiger partial charge in [-0.15, -0.1) is 0 Å². The maximum atomic E-state index is 6.63. The topological polar surface area (TPSA) is 12.5 Å². The molecular weight excluding hydrogens is 401 g/mol. The second-order valence-electron chi connectivity index (χ2n) is 7.55. The molecular formula is C25H25Cl2NO. The van der Waals surface area contributed by atoms with E-state index in [2.05, 4.69) is 35.2 Å². The van der Waals surface area contributed by atoms with Crippen LogP contribution in [0.1, 0.15) is 35.6 Å². The van der Waals surface area contributed by atoms with E-state index in [1.54, 1.807) is 0 Å². The molecule has 1 aliphatic heterocycles. The molecule has 0 amide bonds. The molecule has 0 radical (unpaired) electrons. The number of piperidine rings is 1. The fourth-order valence-electron chi connectivity index (χ4n) is 3.89. The summed E-state index contributed by atoms with van der Waals surface area (Å²) >= 11 is 12.6. The monoisotopic (exact) mass is 425 g/mol. The highest BCUT2D eigenvalue weighted by atomic mass is 35.5. The van der Waals surface area contributed by atoms with Crippen LogP contribution in [-0.4, -0.2) is 24.1 Å². The lowest BCUT2D eigenvalue weighted by molar-refractivity contribution is -0.0281. The van der Waals surface area contributed by atoms with Crippen LogP contribution >= 0.6 is 23.2 Å². The highest BCUT2D eigenvalue weighted by molar-refractivity contribution is 6.31. The Morgan fingerprint density at radius 1 is 0.828 bits per heavy atom. The summed E-state index contributed by atoms with van der Waals surface area (Å²) in [5.74, 6) is 0. The molecule has 1 unspecified atom stereocenters. The number of hydrogen-bond acceptors (Lipinski definition) is 2. The van der Waals surface area contributed by atoms with Crippen LogP contribution in [0.4, 0.5) is 0 Å². The Kier molecular flexibility index (Phi) is 6.89. The summed E-state index contributed by atoms with van der Waals surface area (Å²) < 4.78 is 6.63. The zero-order valence-electron chi connectivity index (χ0n) is 16.3. The average Bonchev–Trinajstić information content (AvgIpc) is 2.75. The molecule has 4 rings (SSSR count). The molecule has 150 valence electrons. The first kappa shape index (κ1) is 20.4. The third-order valence-electron chi connectivity index (χ3n) is 5.47. The number of ether oxygens (including phenoxy) is 1. The Morgan fingerprint density at radius 3 is 2.17 bits per heavy atom. The van der Waals surface area contributed by atoms with Crippen molar-refractivity contribution in [3.63, 3.8) is 0 Å². The van der Waals surface area contributed by atoms with Crippen LogP contribution in [0, 0.1) is 0 Å². The molecule has 3 aromatic rings. The molecule has 3 aromatic carbocycles. The van der Waals surface area contributed by atoms with Crippen LogP contribution < -0.4 is 0 Å². The molecule has 0 N–H and O–H groups in total. The maximum Gasteiger partial charge on any atom is 0.109 e. The van der Waals surface area contributed by atoms with Gasteiger partial charge in [-0.1, -0.05) is 83.9 Å². The van der Waals surface area contributed by atoms with Crippen LogP contribution in [-0.2, 0) is 11.3 Å². The highest BCUT2D eigenvalue weighted by Gasteiger charge is 2.26. The third kappa shape index (κ3) is 5.40. The smallest absolute Gasteiger partial charge is 0.109 e. The fourth-order valence-corrected chi connectivity index (χ4v) is 4.26. The van der Waals surface area contributed by atoms with E-state index in [9.17, 15) is 0 Å². The van der Waals surface area contributed by atoms with Gasteiger partial charge < -0.3 is 4.74 Å². The minimum atomic E-state index is -0.188. The van der Waals surface area contributed by atoms with E-state index in [1.807, 2.05) is 48.5 Å². The molecule has 0 aromatic heterocycles. The highest BCUT2D eigenvalue weighted by Crippen LogP contribution is 2.34. The quantitative estimate of drug-likeness (QED) is 0.432. The van der Waals surface area contributed by atoms with Crippen LogP contribution in [0.2, 0.25) is 10.0 Å². The normalized spacial score (nSPS) is 16.6. The van der Waals surface area contributed by atoms with Crippen molar-refractivity contribution in [1.29, 1.82) is 0 Å². The van der Waals surface area contributed by atoms with Gasteiger partial charge in [0.05, 0.1) is 6.10 Å². The summed E-state index contributed by atoms with van der Waals surface area (Å²) in [5.41, 5.74) is 3.44. The van der Waals surface area contributed by atoms with Gasteiger partial charge in [0.2, 0.25) is 0 Å². The predicted molar refractivity (Wildman–Crippen MR) is 121 cm³/mol. The minimum Gasteiger partial charge on any atom is -0.365 e. The Hall–Kier alpha value is -1.84. The van der Waals surface area contributed by atoms with Gasteiger partial charge in [0.15, 0.2) is 0 Å². The number of hydrogen-bond donors (Lipinski definition) is 0. The summed E-state index contributed by atoms with van der Waals surface area (Å²) in [6, 6.07) is 26.5. The van der Waals surface area contributed by atoms with Crippen LogP contribution in [0.15, 0.2) is 78.9 Å². The van der Waals surface area contributed by atoms with Crippen molar-refractivity contribution in [1.82, 2.24) is 4.90 Å². The van der Waals surface area contributed by atoms with Gasteiger partial charge in [0.25, 0.3) is 0 Å². The van der Waals surface area contributed by atoms with Gasteiger partial charge in [-0.25, -0.2) is 0 Å². The summed E-state index contributed by atoms with van der Waals surface area (Å²) in [7, 11) is 0. The Bertz CT molecular complexity index is 906. The molecule has 2 nitrogen and oxygen atoms in total. The van der Waals surface area contributed by atoms with Crippen molar-refractivity contribution < 1.29 is 4.74 Å². The van der Waals surface area contributed by atoms with Gasteiger partial charge in [-0.05, 0) is 42.2 Å². The summed E-state index contributed by atoms with van der Waals surface area (Å²) in [6.45, 7) is 3.07. The van der Waals surface area contributed by atoms with Crippen LogP contribution in [0.5, 0.6) is 0 Å². The summed E-state index contributed by atoms with van der Waals surface area (Å²) in [4.78, 5) is 2.50. The molecule has 1 fully saturated rings. The van der Waals surface area contributed by atoms with E-state index < -0.39 is 0 Å². The van der Waals surface area contributed by atoms with E-state index in [0.29, 0.717) is 0 Å². The second-order valence-corrected chi connectivity index (χ2v) is 8.39. The molecule has 4 heteroatoms. The zero-order chi connectivity index (χ0) is 20.1. The van der Waals surface area contributed by atoms with Crippen LogP contribution in [0.25, 0.3) is 0 Å². The first-order valence-electron chi connectivity index (χ1n) is 10.1.